The van der Waals surface area contributed by atoms with Crippen LogP contribution in [0.4, 0.5) is 4.39 Å². The number of ketones is 1. The maximum Gasteiger partial charge on any atom is 1.00 e. The summed E-state index contributed by atoms with van der Waals surface area (Å²) in [7, 11) is 1.35. The van der Waals surface area contributed by atoms with Gasteiger partial charge in [0.15, 0.2) is 17.3 Å². The van der Waals surface area contributed by atoms with Crippen LogP contribution in [0.2, 0.25) is 0 Å². The van der Waals surface area contributed by atoms with Gasteiger partial charge in [-0.2, -0.15) is 8.75 Å². The molecule has 9 heteroatoms. The minimum absolute atomic E-state index is 0. The maximum atomic E-state index is 14.3. The molecule has 160 valence electrons. The number of nitrogens with zero attached hydrogens (tertiary/aromatic N) is 2. The average Bonchev–Trinajstić information content (AvgIpc) is 3.27. The van der Waals surface area contributed by atoms with E-state index in [4.69, 9.17) is 4.74 Å². The van der Waals surface area contributed by atoms with Gasteiger partial charge in [0.1, 0.15) is 11.0 Å². The molecule has 1 aromatic heterocycles. The first-order valence-electron chi connectivity index (χ1n) is 9.57. The number of methoxy groups -OCH3 is 1. The van der Waals surface area contributed by atoms with E-state index in [0.717, 1.165) is 11.7 Å². The number of Topliss-reactive ketones (excluding diaryl/α,β-unsaturated/α-hetero) is 1. The third kappa shape index (κ3) is 5.36. The van der Waals surface area contributed by atoms with Gasteiger partial charge < -0.3 is 14.6 Å². The molecule has 0 amide bonds. The van der Waals surface area contributed by atoms with E-state index in [9.17, 15) is 19.1 Å². The van der Waals surface area contributed by atoms with Crippen LogP contribution in [0.5, 0.6) is 5.75 Å². The van der Waals surface area contributed by atoms with Crippen molar-refractivity contribution < 1.29 is 53.4 Å². The Morgan fingerprint density at radius 1 is 0.970 bits per heavy atom. The van der Waals surface area contributed by atoms with Gasteiger partial charge in [0.05, 0.1) is 24.8 Å². The monoisotopic (exact) mass is 470 g/mol. The molecule has 0 spiro atoms. The first-order chi connectivity index (χ1) is 15.5. The van der Waals surface area contributed by atoms with Crippen LogP contribution in [0.1, 0.15) is 21.5 Å². The Morgan fingerprint density at radius 3 is 2.36 bits per heavy atom. The number of ether oxygens (including phenoxy) is 1. The Balaban J connectivity index is 0.00000306. The van der Waals surface area contributed by atoms with Crippen molar-refractivity contribution in [2.24, 2.45) is 0 Å². The summed E-state index contributed by atoms with van der Waals surface area (Å²) >= 11 is 1.00. The van der Waals surface area contributed by atoms with Crippen LogP contribution in [0.25, 0.3) is 16.6 Å². The van der Waals surface area contributed by atoms with Gasteiger partial charge in [-0.15, -0.1) is 0 Å². The van der Waals surface area contributed by atoms with E-state index in [1.165, 1.54) is 19.2 Å². The van der Waals surface area contributed by atoms with E-state index < -0.39 is 17.6 Å². The van der Waals surface area contributed by atoms with Crippen LogP contribution in [-0.2, 0) is 11.2 Å². The second-order valence-corrected chi connectivity index (χ2v) is 7.48. The fourth-order valence-electron chi connectivity index (χ4n) is 3.42. The van der Waals surface area contributed by atoms with Crippen LogP contribution < -0.4 is 39.4 Å². The van der Waals surface area contributed by atoms with E-state index in [0.29, 0.717) is 22.2 Å². The minimum atomic E-state index is -1.51. The number of halogens is 1. The SMILES string of the molecule is COc1ccc(CC(C(=O)c2ccccc2)=C(C(=O)[O-])c2ccc3nsnc3c2)cc1F.[Na+]. The van der Waals surface area contributed by atoms with Gasteiger partial charge in [-0.1, -0.05) is 42.5 Å². The minimum Gasteiger partial charge on any atom is -0.545 e. The van der Waals surface area contributed by atoms with Crippen LogP contribution in [-0.4, -0.2) is 27.6 Å². The normalized spacial score (nSPS) is 11.5. The summed E-state index contributed by atoms with van der Waals surface area (Å²) < 4.78 is 27.5. The van der Waals surface area contributed by atoms with E-state index >= 15 is 0 Å². The second kappa shape index (κ2) is 10.8. The Bertz CT molecular complexity index is 1360. The van der Waals surface area contributed by atoms with Gasteiger partial charge in [-0.25, -0.2) is 4.39 Å². The van der Waals surface area contributed by atoms with Crippen molar-refractivity contribution in [3.8, 4) is 5.75 Å². The molecule has 0 aliphatic carbocycles. The molecule has 0 bridgehead atoms. The van der Waals surface area contributed by atoms with Gasteiger partial charge in [-0.3, -0.25) is 4.79 Å². The standard InChI is InChI=1S/C24H17FN2O4S.Na/c1-31-21-10-7-14(12-18(21)25)11-17(23(28)15-5-3-2-4-6-15)22(24(29)30)16-8-9-19-20(13-16)27-32-26-19;/h2-10,12-13H,11H2,1H3,(H,29,30);/q;+1/p-1. The van der Waals surface area contributed by atoms with Gasteiger partial charge in [0.25, 0.3) is 0 Å². The summed E-state index contributed by atoms with van der Waals surface area (Å²) in [6.07, 6.45) is -0.120. The largest absolute Gasteiger partial charge is 1.00 e. The molecule has 4 rings (SSSR count). The first-order valence-corrected chi connectivity index (χ1v) is 10.3. The summed E-state index contributed by atoms with van der Waals surface area (Å²) in [5.74, 6) is -2.56. The molecule has 0 fully saturated rings. The van der Waals surface area contributed by atoms with E-state index in [-0.39, 0.29) is 58.4 Å². The number of carboxylic acids is 1. The van der Waals surface area contributed by atoms with Crippen molar-refractivity contribution in [3.05, 3.63) is 94.8 Å². The van der Waals surface area contributed by atoms with Gasteiger partial charge >= 0.3 is 29.6 Å². The molecule has 33 heavy (non-hydrogen) atoms. The molecule has 0 aliphatic rings. The quantitative estimate of drug-likeness (QED) is 0.222. The predicted molar refractivity (Wildman–Crippen MR) is 117 cm³/mol. The fraction of sp³-hybridized carbons (Fsp3) is 0.0833. The van der Waals surface area contributed by atoms with Crippen LogP contribution in [0, 0.1) is 5.82 Å². The second-order valence-electron chi connectivity index (χ2n) is 6.95. The van der Waals surface area contributed by atoms with Crippen molar-refractivity contribution in [1.82, 2.24) is 8.75 Å². The number of carbonyl (C=O) groups excluding carboxylic acids is 2. The zero-order valence-corrected chi connectivity index (χ0v) is 20.7. The smallest absolute Gasteiger partial charge is 0.545 e. The van der Waals surface area contributed by atoms with Crippen LogP contribution in [0.3, 0.4) is 0 Å². The molecule has 0 saturated carbocycles. The van der Waals surface area contributed by atoms with Crippen molar-refractivity contribution >= 4 is 40.1 Å². The number of aliphatic carboxylic acids is 1. The Morgan fingerprint density at radius 2 is 1.70 bits per heavy atom. The fourth-order valence-corrected chi connectivity index (χ4v) is 3.94. The molecule has 0 radical (unpaired) electrons. The van der Waals surface area contributed by atoms with E-state index in [1.54, 1.807) is 54.6 Å². The van der Waals surface area contributed by atoms with Gasteiger partial charge in [-0.05, 0) is 35.4 Å². The molecule has 1 heterocycles. The average molecular weight is 470 g/mol. The predicted octanol–water partition coefficient (Wildman–Crippen LogP) is 0.472. The molecule has 3 aromatic carbocycles. The third-order valence-electron chi connectivity index (χ3n) is 4.96. The summed E-state index contributed by atoms with van der Waals surface area (Å²) in [4.78, 5) is 25.7. The number of carbonyl (C=O) groups is 2. The zero-order valence-electron chi connectivity index (χ0n) is 17.9. The van der Waals surface area contributed by atoms with Crippen molar-refractivity contribution in [3.63, 3.8) is 0 Å². The molecule has 0 atom stereocenters. The Labute approximate surface area is 215 Å². The van der Waals surface area contributed by atoms with Crippen molar-refractivity contribution in [2.75, 3.05) is 7.11 Å². The number of benzene rings is 3. The van der Waals surface area contributed by atoms with Crippen molar-refractivity contribution in [2.45, 2.75) is 6.42 Å². The Kier molecular flexibility index (Phi) is 8.10. The molecule has 0 N–H and O–H groups in total. The van der Waals surface area contributed by atoms with E-state index in [1.807, 2.05) is 0 Å². The zero-order chi connectivity index (χ0) is 22.7. The topological polar surface area (TPSA) is 92.2 Å². The van der Waals surface area contributed by atoms with E-state index in [2.05, 4.69) is 8.75 Å². The molecule has 0 saturated heterocycles. The number of hydrogen-bond acceptors (Lipinski definition) is 7. The molecular weight excluding hydrogens is 454 g/mol. The molecule has 4 aromatic rings. The summed E-state index contributed by atoms with van der Waals surface area (Å²) in [5.41, 5.74) is 1.81. The van der Waals surface area contributed by atoms with Gasteiger partial charge in [0.2, 0.25) is 0 Å². The number of carboxylic acid groups (broad SMARTS) is 1. The molecule has 0 unspecified atom stereocenters. The third-order valence-corrected chi connectivity index (χ3v) is 5.51. The molecule has 0 aliphatic heterocycles. The summed E-state index contributed by atoms with van der Waals surface area (Å²) in [5, 5.41) is 12.3. The maximum absolute atomic E-state index is 14.3. The number of fused-ring (bicyclic) bond motifs is 1. The summed E-state index contributed by atoms with van der Waals surface area (Å²) in [6.45, 7) is 0. The van der Waals surface area contributed by atoms with Crippen LogP contribution in [0.15, 0.2) is 72.3 Å². The van der Waals surface area contributed by atoms with Crippen LogP contribution >= 0.6 is 11.7 Å². The van der Waals surface area contributed by atoms with Gasteiger partial charge in [0, 0.05) is 23.1 Å². The number of rotatable bonds is 7. The number of hydrogen-bond donors (Lipinski definition) is 0. The number of allylic oxidation sites excluding steroid dienone is 1. The molecular formula is C24H16FN2NaO4S. The summed E-state index contributed by atoms with van der Waals surface area (Å²) in [6, 6.07) is 17.3. The first kappa shape index (κ1) is 24.7. The molecule has 6 nitrogen and oxygen atoms in total. The Hall–Kier alpha value is -2.91. The van der Waals surface area contributed by atoms with Crippen molar-refractivity contribution in [1.29, 1.82) is 0 Å². The number of aromatic nitrogens is 2.